The second-order valence-corrected chi connectivity index (χ2v) is 5.45. The fourth-order valence-electron chi connectivity index (χ4n) is 1.60. The molecule has 126 valence electrons. The minimum atomic E-state index is -0.961. The number of aliphatic hydroxyl groups excluding tert-OH is 2. The minimum absolute atomic E-state index is 0.0514. The van der Waals surface area contributed by atoms with E-state index in [4.69, 9.17) is 15.6 Å². The van der Waals surface area contributed by atoms with Crippen molar-refractivity contribution in [3.8, 4) is 6.07 Å². The summed E-state index contributed by atoms with van der Waals surface area (Å²) in [5, 5.41) is 49.3. The normalized spacial score (nSPS) is 12.7. The van der Waals surface area contributed by atoms with Crippen LogP contribution in [0.25, 0.3) is 0 Å². The highest BCUT2D eigenvalue weighted by atomic mass is 32.2. The van der Waals surface area contributed by atoms with Crippen molar-refractivity contribution in [2.45, 2.75) is 11.1 Å². The molecule has 24 heavy (non-hydrogen) atoms. The molecular formula is C13H12FN5O4S. The monoisotopic (exact) mass is 353 g/mol. The number of aromatic nitrogens is 2. The second-order valence-electron chi connectivity index (χ2n) is 4.45. The maximum atomic E-state index is 13.3. The Morgan fingerprint density at radius 2 is 2.29 bits per heavy atom. The van der Waals surface area contributed by atoms with E-state index in [0.717, 1.165) is 17.8 Å². The first-order valence-electron chi connectivity index (χ1n) is 6.52. The molecule has 2 rings (SSSR count). The molecule has 0 aliphatic rings. The molecule has 1 atom stereocenters. The average molecular weight is 353 g/mol. The number of hydrogen-bond donors (Lipinski definition) is 4. The molecule has 1 aromatic heterocycles. The van der Waals surface area contributed by atoms with Crippen molar-refractivity contribution < 1.29 is 24.4 Å². The Morgan fingerprint density at radius 1 is 1.50 bits per heavy atom. The summed E-state index contributed by atoms with van der Waals surface area (Å²) in [6, 6.07) is 5.36. The molecule has 2 aromatic rings. The van der Waals surface area contributed by atoms with Gasteiger partial charge in [-0.3, -0.25) is 0 Å². The predicted molar refractivity (Wildman–Crippen MR) is 81.2 cm³/mol. The number of nitrogens with one attached hydrogen (secondary N) is 1. The van der Waals surface area contributed by atoms with Gasteiger partial charge in [-0.25, -0.2) is 9.02 Å². The summed E-state index contributed by atoms with van der Waals surface area (Å²) < 4.78 is 17.9. The van der Waals surface area contributed by atoms with E-state index in [9.17, 15) is 9.50 Å². The zero-order chi connectivity index (χ0) is 17.5. The van der Waals surface area contributed by atoms with Crippen LogP contribution in [0, 0.1) is 17.1 Å². The molecule has 0 amide bonds. The van der Waals surface area contributed by atoms with Crippen LogP contribution >= 0.6 is 11.8 Å². The number of thioether (sulfide) groups is 1. The van der Waals surface area contributed by atoms with E-state index in [2.05, 4.69) is 25.4 Å². The summed E-state index contributed by atoms with van der Waals surface area (Å²) >= 11 is 1.03. The quantitative estimate of drug-likeness (QED) is 0.194. The molecule has 0 radical (unpaired) electrons. The third-order valence-corrected chi connectivity index (χ3v) is 3.85. The number of anilines is 1. The lowest BCUT2D eigenvalue weighted by molar-refractivity contribution is 0.113. The van der Waals surface area contributed by atoms with Crippen LogP contribution in [-0.4, -0.2) is 50.0 Å². The third kappa shape index (κ3) is 4.19. The van der Waals surface area contributed by atoms with Gasteiger partial charge in [0.15, 0.2) is 10.7 Å². The van der Waals surface area contributed by atoms with Gasteiger partial charge in [0.1, 0.15) is 11.9 Å². The van der Waals surface area contributed by atoms with Crippen LogP contribution in [0.2, 0.25) is 0 Å². The first kappa shape index (κ1) is 17.7. The molecule has 1 unspecified atom stereocenters. The molecule has 0 aliphatic carbocycles. The summed E-state index contributed by atoms with van der Waals surface area (Å²) in [7, 11) is 0. The Bertz CT molecular complexity index is 776. The molecule has 0 fully saturated rings. The molecule has 0 spiro atoms. The number of rotatable bonds is 6. The highest BCUT2D eigenvalue weighted by Gasteiger charge is 2.19. The van der Waals surface area contributed by atoms with Crippen molar-refractivity contribution in [1.29, 1.82) is 5.26 Å². The van der Waals surface area contributed by atoms with Gasteiger partial charge < -0.3 is 20.7 Å². The molecule has 0 saturated carbocycles. The molecule has 4 N–H and O–H groups in total. The molecule has 0 aliphatic heterocycles. The summed E-state index contributed by atoms with van der Waals surface area (Å²) in [6.07, 6.45) is -0.961. The van der Waals surface area contributed by atoms with Gasteiger partial charge in [-0.2, -0.15) is 5.26 Å². The standard InChI is InChI=1S/C13H12FN5O4S/c14-10-2-1-8(3-7(10)4-15)16-12(17-22)11-13(19-23-18-11)24-6-9(21)5-20/h1-3,9,20-22H,5-6H2,(H,16,17). The summed E-state index contributed by atoms with van der Waals surface area (Å²) in [5.41, 5.74) is 0.154. The lowest BCUT2D eigenvalue weighted by atomic mass is 10.2. The van der Waals surface area contributed by atoms with Crippen LogP contribution in [0.4, 0.5) is 10.1 Å². The zero-order valence-corrected chi connectivity index (χ0v) is 12.9. The van der Waals surface area contributed by atoms with E-state index in [1.165, 1.54) is 12.1 Å². The predicted octanol–water partition coefficient (Wildman–Crippen LogP) is 0.774. The van der Waals surface area contributed by atoms with Crippen LogP contribution < -0.4 is 5.32 Å². The van der Waals surface area contributed by atoms with E-state index in [-0.39, 0.29) is 33.6 Å². The van der Waals surface area contributed by atoms with Gasteiger partial charge in [0.05, 0.1) is 18.3 Å². The fraction of sp³-hybridized carbons (Fsp3) is 0.231. The molecule has 1 aromatic carbocycles. The molecule has 11 heteroatoms. The van der Waals surface area contributed by atoms with Crippen LogP contribution in [-0.2, 0) is 0 Å². The average Bonchev–Trinajstić information content (AvgIpc) is 3.07. The first-order chi connectivity index (χ1) is 11.6. The van der Waals surface area contributed by atoms with E-state index in [1.54, 1.807) is 6.07 Å². The second kappa shape index (κ2) is 8.25. The lowest BCUT2D eigenvalue weighted by Gasteiger charge is -2.08. The molecule has 1 heterocycles. The molecule has 0 saturated heterocycles. The summed E-state index contributed by atoms with van der Waals surface area (Å²) in [5.74, 6) is -0.707. The third-order valence-electron chi connectivity index (χ3n) is 2.76. The lowest BCUT2D eigenvalue weighted by Crippen LogP contribution is -2.17. The number of amidine groups is 1. The van der Waals surface area contributed by atoms with Crippen molar-refractivity contribution in [2.24, 2.45) is 5.16 Å². The van der Waals surface area contributed by atoms with Crippen molar-refractivity contribution in [3.63, 3.8) is 0 Å². The zero-order valence-electron chi connectivity index (χ0n) is 12.0. The first-order valence-corrected chi connectivity index (χ1v) is 7.51. The van der Waals surface area contributed by atoms with Crippen molar-refractivity contribution in [1.82, 2.24) is 10.3 Å². The smallest absolute Gasteiger partial charge is 0.202 e. The highest BCUT2D eigenvalue weighted by molar-refractivity contribution is 7.99. The topological polar surface area (TPSA) is 148 Å². The van der Waals surface area contributed by atoms with E-state index in [1.807, 2.05) is 0 Å². The van der Waals surface area contributed by atoms with E-state index >= 15 is 0 Å². The Morgan fingerprint density at radius 3 is 2.96 bits per heavy atom. The van der Waals surface area contributed by atoms with Gasteiger partial charge in [-0.05, 0) is 28.5 Å². The van der Waals surface area contributed by atoms with Crippen LogP contribution in [0.5, 0.6) is 0 Å². The number of nitrogens with zero attached hydrogens (tertiary/aromatic N) is 4. The van der Waals surface area contributed by atoms with Gasteiger partial charge in [0, 0.05) is 11.4 Å². The maximum Gasteiger partial charge on any atom is 0.202 e. The van der Waals surface area contributed by atoms with Gasteiger partial charge in [-0.1, -0.05) is 16.9 Å². The van der Waals surface area contributed by atoms with Crippen LogP contribution in [0.15, 0.2) is 33.0 Å². The van der Waals surface area contributed by atoms with Crippen molar-refractivity contribution in [2.75, 3.05) is 17.7 Å². The van der Waals surface area contributed by atoms with Gasteiger partial charge in [0.2, 0.25) is 5.84 Å². The SMILES string of the molecule is N#Cc1cc(NC(=NO)c2nonc2SCC(O)CO)ccc1F. The number of nitriles is 1. The Kier molecular flexibility index (Phi) is 6.07. The minimum Gasteiger partial charge on any atom is -0.409 e. The largest absolute Gasteiger partial charge is 0.409 e. The molecule has 0 bridgehead atoms. The Hall–Kier alpha value is -2.68. The van der Waals surface area contributed by atoms with Gasteiger partial charge >= 0.3 is 0 Å². The van der Waals surface area contributed by atoms with Gasteiger partial charge in [-0.15, -0.1) is 0 Å². The molecule has 9 nitrogen and oxygen atoms in total. The van der Waals surface area contributed by atoms with Crippen LogP contribution in [0.3, 0.4) is 0 Å². The Labute approximate surface area is 139 Å². The number of benzene rings is 1. The van der Waals surface area contributed by atoms with E-state index in [0.29, 0.717) is 0 Å². The van der Waals surface area contributed by atoms with Gasteiger partial charge in [0.25, 0.3) is 0 Å². The highest BCUT2D eigenvalue weighted by Crippen LogP contribution is 2.22. The molecular weight excluding hydrogens is 341 g/mol. The number of hydrogen-bond acceptors (Lipinski definition) is 9. The van der Waals surface area contributed by atoms with E-state index < -0.39 is 18.5 Å². The summed E-state index contributed by atoms with van der Waals surface area (Å²) in [6.45, 7) is -0.417. The Balaban J connectivity index is 2.18. The number of halogens is 1. The van der Waals surface area contributed by atoms with Crippen molar-refractivity contribution in [3.05, 3.63) is 35.3 Å². The maximum absolute atomic E-state index is 13.3. The summed E-state index contributed by atoms with van der Waals surface area (Å²) in [4.78, 5) is 0. The fourth-order valence-corrected chi connectivity index (χ4v) is 2.42. The van der Waals surface area contributed by atoms with Crippen molar-refractivity contribution >= 4 is 23.3 Å². The number of oxime groups is 1. The van der Waals surface area contributed by atoms with Crippen LogP contribution in [0.1, 0.15) is 11.3 Å². The number of aliphatic hydroxyl groups is 2.